The molecule has 0 aliphatic carbocycles. The van der Waals surface area contributed by atoms with Gasteiger partial charge < -0.3 is 0 Å². The van der Waals surface area contributed by atoms with Crippen molar-refractivity contribution in [3.05, 3.63) is 42.0 Å². The van der Waals surface area contributed by atoms with E-state index in [2.05, 4.69) is 6.58 Å². The van der Waals surface area contributed by atoms with E-state index in [0.717, 1.165) is 43.2 Å². The summed E-state index contributed by atoms with van der Waals surface area (Å²) in [5.74, 6) is 0. The molecule has 108 valence electrons. The molecule has 2 heterocycles. The largest absolute Gasteiger partial charge is 0.243 e. The molecule has 20 heavy (non-hydrogen) atoms. The van der Waals surface area contributed by atoms with Crippen LogP contribution in [0.3, 0.4) is 0 Å². The molecule has 3 nitrogen and oxygen atoms in total. The van der Waals surface area contributed by atoms with E-state index < -0.39 is 10.0 Å². The Labute approximate surface area is 121 Å². The smallest absolute Gasteiger partial charge is 0.207 e. The first-order chi connectivity index (χ1) is 9.50. The van der Waals surface area contributed by atoms with Gasteiger partial charge in [0.25, 0.3) is 0 Å². The van der Waals surface area contributed by atoms with Crippen LogP contribution in [0.15, 0.2) is 41.3 Å². The van der Waals surface area contributed by atoms with E-state index >= 15 is 0 Å². The van der Waals surface area contributed by atoms with Crippen molar-refractivity contribution in [2.24, 2.45) is 0 Å². The molecule has 2 aliphatic heterocycles. The Hall–Kier alpha value is -1.13. The van der Waals surface area contributed by atoms with Crippen molar-refractivity contribution in [3.8, 4) is 0 Å². The van der Waals surface area contributed by atoms with Crippen molar-refractivity contribution in [2.75, 3.05) is 0 Å². The molecule has 2 bridgehead atoms. The van der Waals surface area contributed by atoms with E-state index in [1.807, 2.05) is 19.1 Å². The molecule has 2 atom stereocenters. The molecule has 0 aromatic heterocycles. The van der Waals surface area contributed by atoms with Gasteiger partial charge in [-0.1, -0.05) is 29.8 Å². The second-order valence-corrected chi connectivity index (χ2v) is 7.79. The molecule has 0 saturated carbocycles. The molecule has 2 saturated heterocycles. The molecule has 2 aliphatic rings. The minimum Gasteiger partial charge on any atom is -0.207 e. The highest BCUT2D eigenvalue weighted by atomic mass is 32.2. The van der Waals surface area contributed by atoms with E-state index in [1.165, 1.54) is 0 Å². The highest BCUT2D eigenvalue weighted by molar-refractivity contribution is 7.89. The maximum absolute atomic E-state index is 12.9. The zero-order valence-corrected chi connectivity index (χ0v) is 12.7. The zero-order valence-electron chi connectivity index (χ0n) is 11.9. The predicted octanol–water partition coefficient (Wildman–Crippen LogP) is 3.26. The maximum Gasteiger partial charge on any atom is 0.243 e. The third kappa shape index (κ3) is 2.21. The molecular weight excluding hydrogens is 270 g/mol. The highest BCUT2D eigenvalue weighted by Gasteiger charge is 2.44. The summed E-state index contributed by atoms with van der Waals surface area (Å²) < 4.78 is 27.6. The summed E-state index contributed by atoms with van der Waals surface area (Å²) in [6.07, 6.45) is 4.87. The van der Waals surface area contributed by atoms with Crippen molar-refractivity contribution in [1.82, 2.24) is 4.31 Å². The maximum atomic E-state index is 12.9. The fourth-order valence-electron chi connectivity index (χ4n) is 3.44. The fourth-order valence-corrected chi connectivity index (χ4v) is 5.36. The van der Waals surface area contributed by atoms with Gasteiger partial charge in [0.05, 0.1) is 4.90 Å². The zero-order chi connectivity index (χ0) is 14.3. The summed E-state index contributed by atoms with van der Waals surface area (Å²) in [4.78, 5) is 0.412. The van der Waals surface area contributed by atoms with Crippen LogP contribution in [0.1, 0.15) is 37.7 Å². The molecule has 2 unspecified atom stereocenters. The van der Waals surface area contributed by atoms with Gasteiger partial charge in [-0.25, -0.2) is 8.42 Å². The van der Waals surface area contributed by atoms with Crippen LogP contribution >= 0.6 is 0 Å². The summed E-state index contributed by atoms with van der Waals surface area (Å²) >= 11 is 0. The van der Waals surface area contributed by atoms with Gasteiger partial charge in [0.1, 0.15) is 0 Å². The van der Waals surface area contributed by atoms with E-state index in [0.29, 0.717) is 4.90 Å². The predicted molar refractivity (Wildman–Crippen MR) is 80.0 cm³/mol. The second-order valence-electron chi connectivity index (χ2n) is 5.95. The molecule has 4 heteroatoms. The lowest BCUT2D eigenvalue weighted by Gasteiger charge is -2.28. The molecule has 3 rings (SSSR count). The Balaban J connectivity index is 2.02. The Kier molecular flexibility index (Phi) is 3.46. The monoisotopic (exact) mass is 291 g/mol. The average molecular weight is 291 g/mol. The lowest BCUT2D eigenvalue weighted by molar-refractivity contribution is 0.346. The van der Waals surface area contributed by atoms with E-state index in [-0.39, 0.29) is 12.1 Å². The van der Waals surface area contributed by atoms with Gasteiger partial charge in [0, 0.05) is 12.1 Å². The second kappa shape index (κ2) is 5.01. The Bertz CT molecular complexity index is 618. The van der Waals surface area contributed by atoms with Gasteiger partial charge in [-0.2, -0.15) is 4.31 Å². The summed E-state index contributed by atoms with van der Waals surface area (Å²) in [5.41, 5.74) is 2.16. The van der Waals surface area contributed by atoms with Gasteiger partial charge in [-0.15, -0.1) is 0 Å². The first-order valence-electron chi connectivity index (χ1n) is 7.28. The number of sulfonamides is 1. The standard InChI is InChI=1S/C16H21NO2S/c1-12-6-9-15(10-7-12)20(18,19)17-14-5-3-4-13(2)16(17)11-8-14/h6-7,9-10,14,16H,2-5,8,11H2,1H3. The van der Waals surface area contributed by atoms with E-state index in [1.54, 1.807) is 16.4 Å². The van der Waals surface area contributed by atoms with Crippen LogP contribution in [0.5, 0.6) is 0 Å². The third-order valence-corrected chi connectivity index (χ3v) is 6.52. The Morgan fingerprint density at radius 3 is 2.55 bits per heavy atom. The third-order valence-electron chi connectivity index (χ3n) is 4.54. The van der Waals surface area contributed by atoms with Crippen LogP contribution in [0.4, 0.5) is 0 Å². The van der Waals surface area contributed by atoms with Crippen LogP contribution < -0.4 is 0 Å². The minimum atomic E-state index is -3.40. The molecule has 0 radical (unpaired) electrons. The van der Waals surface area contributed by atoms with Gasteiger partial charge >= 0.3 is 0 Å². The number of hydrogen-bond acceptors (Lipinski definition) is 2. The van der Waals surface area contributed by atoms with Crippen molar-refractivity contribution in [3.63, 3.8) is 0 Å². The Morgan fingerprint density at radius 2 is 1.85 bits per heavy atom. The summed E-state index contributed by atoms with van der Waals surface area (Å²) in [6.45, 7) is 6.08. The number of rotatable bonds is 2. The number of aryl methyl sites for hydroxylation is 1. The topological polar surface area (TPSA) is 37.4 Å². The SMILES string of the molecule is C=C1CCCC2CCC1N2S(=O)(=O)c1ccc(C)cc1. The fraction of sp³-hybridized carbons (Fsp3) is 0.500. The van der Waals surface area contributed by atoms with Gasteiger partial charge in [0.15, 0.2) is 0 Å². The van der Waals surface area contributed by atoms with Crippen LogP contribution in [0.2, 0.25) is 0 Å². The van der Waals surface area contributed by atoms with Gasteiger partial charge in [-0.05, 0) is 51.2 Å². The van der Waals surface area contributed by atoms with E-state index in [4.69, 9.17) is 0 Å². The lowest BCUT2D eigenvalue weighted by atomic mass is 9.97. The molecule has 1 aromatic rings. The number of hydrogen-bond donors (Lipinski definition) is 0. The molecule has 1 aromatic carbocycles. The first-order valence-corrected chi connectivity index (χ1v) is 8.72. The van der Waals surface area contributed by atoms with Crippen LogP contribution in [-0.2, 0) is 10.0 Å². The van der Waals surface area contributed by atoms with Crippen molar-refractivity contribution < 1.29 is 8.42 Å². The molecule has 0 amide bonds. The summed E-state index contributed by atoms with van der Waals surface area (Å²) in [7, 11) is -3.40. The normalized spacial score (nSPS) is 27.6. The first kappa shape index (κ1) is 13.8. The summed E-state index contributed by atoms with van der Waals surface area (Å²) in [6, 6.07) is 7.33. The molecule has 2 fully saturated rings. The average Bonchev–Trinajstić information content (AvgIpc) is 2.75. The quantitative estimate of drug-likeness (QED) is 0.784. The molecule has 0 spiro atoms. The van der Waals surface area contributed by atoms with Gasteiger partial charge in [0.2, 0.25) is 10.0 Å². The van der Waals surface area contributed by atoms with Crippen molar-refractivity contribution in [2.45, 2.75) is 56.0 Å². The lowest BCUT2D eigenvalue weighted by Crippen LogP contribution is -2.40. The van der Waals surface area contributed by atoms with Crippen LogP contribution in [0, 0.1) is 6.92 Å². The summed E-state index contributed by atoms with van der Waals surface area (Å²) in [5, 5.41) is 0. The number of nitrogens with zero attached hydrogens (tertiary/aromatic N) is 1. The number of fused-ring (bicyclic) bond motifs is 2. The minimum absolute atomic E-state index is 0.00815. The molecule has 0 N–H and O–H groups in total. The van der Waals surface area contributed by atoms with Crippen LogP contribution in [-0.4, -0.2) is 24.8 Å². The molecular formula is C16H21NO2S. The van der Waals surface area contributed by atoms with Crippen LogP contribution in [0.25, 0.3) is 0 Å². The van der Waals surface area contributed by atoms with Crippen molar-refractivity contribution >= 4 is 10.0 Å². The Morgan fingerprint density at radius 1 is 1.15 bits per heavy atom. The highest BCUT2D eigenvalue weighted by Crippen LogP contribution is 2.40. The van der Waals surface area contributed by atoms with Gasteiger partial charge in [-0.3, -0.25) is 0 Å². The van der Waals surface area contributed by atoms with E-state index in [9.17, 15) is 8.42 Å². The van der Waals surface area contributed by atoms with Crippen molar-refractivity contribution in [1.29, 1.82) is 0 Å². The number of benzene rings is 1.